The number of aromatic nitrogens is 1. The molecule has 0 saturated carbocycles. The van der Waals surface area contributed by atoms with Gasteiger partial charge in [-0.3, -0.25) is 5.14 Å². The summed E-state index contributed by atoms with van der Waals surface area (Å²) < 4.78 is 0. The molecular formula is C5H6N3OS-. The minimum absolute atomic E-state index is 0.475. The molecule has 0 bridgehead atoms. The van der Waals surface area contributed by atoms with Crippen molar-refractivity contribution in [3.63, 3.8) is 0 Å². The normalized spacial score (nSPS) is 9.40. The maximum Gasteiger partial charge on any atom is 0.113 e. The van der Waals surface area contributed by atoms with Crippen molar-refractivity contribution in [2.45, 2.75) is 5.03 Å². The van der Waals surface area contributed by atoms with Crippen molar-refractivity contribution in [3.05, 3.63) is 23.5 Å². The fraction of sp³-hybridized carbons (Fsp3) is 0. The van der Waals surface area contributed by atoms with Crippen LogP contribution in [0.2, 0.25) is 0 Å². The number of nitrogens with one attached hydrogen (secondary N) is 1. The zero-order chi connectivity index (χ0) is 7.40. The SMILES string of the molecule is NSc1cc(N[O-])ccn1. The third kappa shape index (κ3) is 1.60. The Morgan fingerprint density at radius 1 is 1.70 bits per heavy atom. The zero-order valence-corrected chi connectivity index (χ0v) is 5.89. The summed E-state index contributed by atoms with van der Waals surface area (Å²) in [6.45, 7) is 0. The van der Waals surface area contributed by atoms with E-state index in [9.17, 15) is 5.21 Å². The smallest absolute Gasteiger partial charge is 0.113 e. The molecule has 0 unspecified atom stereocenters. The van der Waals surface area contributed by atoms with Crippen LogP contribution in [0.15, 0.2) is 23.4 Å². The van der Waals surface area contributed by atoms with Crippen LogP contribution in [0.1, 0.15) is 0 Å². The topological polar surface area (TPSA) is 74.0 Å². The molecule has 0 fully saturated rings. The van der Waals surface area contributed by atoms with Crippen LogP contribution in [0.3, 0.4) is 0 Å². The highest BCUT2D eigenvalue weighted by Gasteiger charge is 1.90. The zero-order valence-electron chi connectivity index (χ0n) is 5.07. The standard InChI is InChI=1S/C5H6N3OS/c6-10-5-3-4(8-9)1-2-7-5/h1-3H,6H2,(H-,7,8,9)/q-1. The molecule has 1 rings (SSSR count). The Balaban J connectivity index is 2.87. The largest absolute Gasteiger partial charge is 0.761 e. The second kappa shape index (κ2) is 3.40. The Bertz CT molecular complexity index is 199. The van der Waals surface area contributed by atoms with E-state index in [2.05, 4.69) is 4.98 Å². The summed E-state index contributed by atoms with van der Waals surface area (Å²) in [5.74, 6) is 0. The van der Waals surface area contributed by atoms with Crippen molar-refractivity contribution >= 4 is 17.6 Å². The monoisotopic (exact) mass is 156 g/mol. The molecule has 5 heteroatoms. The van der Waals surface area contributed by atoms with E-state index in [4.69, 9.17) is 5.14 Å². The number of anilines is 1. The lowest BCUT2D eigenvalue weighted by Gasteiger charge is -2.08. The minimum atomic E-state index is 0.475. The van der Waals surface area contributed by atoms with Crippen molar-refractivity contribution < 1.29 is 0 Å². The van der Waals surface area contributed by atoms with Crippen molar-refractivity contribution in [1.29, 1.82) is 0 Å². The summed E-state index contributed by atoms with van der Waals surface area (Å²) in [6.07, 6.45) is 1.52. The Labute approximate surface area is 62.5 Å². The number of nitrogens with zero attached hydrogens (tertiary/aromatic N) is 1. The van der Waals surface area contributed by atoms with Crippen LogP contribution < -0.4 is 10.6 Å². The summed E-state index contributed by atoms with van der Waals surface area (Å²) in [4.78, 5) is 3.86. The Hall–Kier alpha value is -0.780. The van der Waals surface area contributed by atoms with Crippen LogP contribution in [0.5, 0.6) is 0 Å². The predicted molar refractivity (Wildman–Crippen MR) is 41.3 cm³/mol. The van der Waals surface area contributed by atoms with Crippen molar-refractivity contribution in [2.24, 2.45) is 5.14 Å². The van der Waals surface area contributed by atoms with Gasteiger partial charge in [0.25, 0.3) is 0 Å². The molecule has 0 radical (unpaired) electrons. The van der Waals surface area contributed by atoms with Crippen molar-refractivity contribution in [2.75, 3.05) is 5.48 Å². The van der Waals surface area contributed by atoms with Gasteiger partial charge in [0, 0.05) is 11.9 Å². The second-order valence-electron chi connectivity index (χ2n) is 1.60. The highest BCUT2D eigenvalue weighted by Crippen LogP contribution is 2.12. The average Bonchev–Trinajstić information content (AvgIpc) is 2.05. The van der Waals surface area contributed by atoms with Crippen LogP contribution in [0.4, 0.5) is 5.69 Å². The highest BCUT2D eigenvalue weighted by atomic mass is 32.2. The number of rotatable bonds is 2. The molecule has 1 aromatic heterocycles. The molecule has 54 valence electrons. The third-order valence-corrected chi connectivity index (χ3v) is 1.44. The number of hydrogen-bond acceptors (Lipinski definition) is 5. The van der Waals surface area contributed by atoms with E-state index < -0.39 is 0 Å². The molecule has 0 aromatic carbocycles. The fourth-order valence-electron chi connectivity index (χ4n) is 0.537. The third-order valence-electron chi connectivity index (χ3n) is 0.973. The lowest BCUT2D eigenvalue weighted by Crippen LogP contribution is -1.88. The van der Waals surface area contributed by atoms with Crippen LogP contribution in [-0.4, -0.2) is 4.98 Å². The molecular weight excluding hydrogens is 150 g/mol. The molecule has 10 heavy (non-hydrogen) atoms. The highest BCUT2D eigenvalue weighted by molar-refractivity contribution is 7.97. The van der Waals surface area contributed by atoms with Crippen molar-refractivity contribution in [1.82, 2.24) is 4.98 Å². The Kier molecular flexibility index (Phi) is 2.49. The Morgan fingerprint density at radius 3 is 3.10 bits per heavy atom. The first kappa shape index (κ1) is 7.33. The maximum absolute atomic E-state index is 10.1. The molecule has 4 nitrogen and oxygen atoms in total. The molecule has 0 aliphatic heterocycles. The molecule has 3 N–H and O–H groups in total. The summed E-state index contributed by atoms with van der Waals surface area (Å²) in [5.41, 5.74) is 2.22. The van der Waals surface area contributed by atoms with Gasteiger partial charge in [0.1, 0.15) is 5.03 Å². The fourth-order valence-corrected chi connectivity index (χ4v) is 0.854. The van der Waals surface area contributed by atoms with Gasteiger partial charge in [0.05, 0.1) is 0 Å². The second-order valence-corrected chi connectivity index (χ2v) is 2.26. The first-order chi connectivity index (χ1) is 4.86. The number of hydrogen-bond donors (Lipinski definition) is 2. The van der Waals surface area contributed by atoms with Gasteiger partial charge in [-0.15, -0.1) is 0 Å². The Morgan fingerprint density at radius 2 is 2.50 bits per heavy atom. The predicted octanol–water partition coefficient (Wildman–Crippen LogP) is 0.957. The summed E-state index contributed by atoms with van der Waals surface area (Å²) in [7, 11) is 0. The maximum atomic E-state index is 10.1. The molecule has 0 amide bonds. The van der Waals surface area contributed by atoms with E-state index in [1.807, 2.05) is 0 Å². The lowest BCUT2D eigenvalue weighted by molar-refractivity contribution is 1.14. The van der Waals surface area contributed by atoms with Gasteiger partial charge in [-0.05, 0) is 24.1 Å². The summed E-state index contributed by atoms with van der Waals surface area (Å²) >= 11 is 1.01. The number of nitrogens with two attached hydrogens (primary N) is 1. The van der Waals surface area contributed by atoms with Crippen LogP contribution in [-0.2, 0) is 0 Å². The van der Waals surface area contributed by atoms with Crippen molar-refractivity contribution in [3.8, 4) is 0 Å². The summed E-state index contributed by atoms with van der Waals surface area (Å²) in [6, 6.07) is 3.16. The first-order valence-electron chi connectivity index (χ1n) is 2.58. The van der Waals surface area contributed by atoms with Crippen LogP contribution in [0.25, 0.3) is 0 Å². The molecule has 0 aliphatic carbocycles. The van der Waals surface area contributed by atoms with E-state index in [1.165, 1.54) is 6.20 Å². The van der Waals surface area contributed by atoms with Crippen LogP contribution in [0, 0.1) is 5.21 Å². The average molecular weight is 156 g/mol. The quantitative estimate of drug-likeness (QED) is 0.492. The van der Waals surface area contributed by atoms with Gasteiger partial charge in [-0.25, -0.2) is 4.98 Å². The van der Waals surface area contributed by atoms with E-state index in [0.717, 1.165) is 11.9 Å². The number of pyridine rings is 1. The molecule has 1 aromatic rings. The van der Waals surface area contributed by atoms with E-state index >= 15 is 0 Å². The molecule has 1 heterocycles. The van der Waals surface area contributed by atoms with E-state index in [-0.39, 0.29) is 0 Å². The first-order valence-corrected chi connectivity index (χ1v) is 3.45. The summed E-state index contributed by atoms with van der Waals surface area (Å²) in [5, 5.41) is 15.9. The molecule has 0 saturated heterocycles. The van der Waals surface area contributed by atoms with Gasteiger partial charge in [-0.1, -0.05) is 0 Å². The van der Waals surface area contributed by atoms with Gasteiger partial charge < -0.3 is 10.7 Å². The van der Waals surface area contributed by atoms with E-state index in [0.29, 0.717) is 10.7 Å². The minimum Gasteiger partial charge on any atom is -0.761 e. The van der Waals surface area contributed by atoms with E-state index in [1.54, 1.807) is 17.6 Å². The molecule has 0 aliphatic rings. The molecule has 0 atom stereocenters. The van der Waals surface area contributed by atoms with Gasteiger partial charge >= 0.3 is 0 Å². The molecule has 0 spiro atoms. The van der Waals surface area contributed by atoms with Crippen LogP contribution >= 0.6 is 11.9 Å². The van der Waals surface area contributed by atoms with Gasteiger partial charge in [-0.2, -0.15) is 0 Å². The van der Waals surface area contributed by atoms with Gasteiger partial charge in [0.15, 0.2) is 0 Å². The lowest BCUT2D eigenvalue weighted by atomic mass is 10.4. The van der Waals surface area contributed by atoms with Gasteiger partial charge in [0.2, 0.25) is 0 Å².